The van der Waals surface area contributed by atoms with Gasteiger partial charge in [0.15, 0.2) is 0 Å². The number of phenolic OH excluding ortho intramolecular Hbond substituents is 1. The molecule has 33 heavy (non-hydrogen) atoms. The van der Waals surface area contributed by atoms with Crippen molar-refractivity contribution >= 4 is 58.1 Å². The van der Waals surface area contributed by atoms with Crippen molar-refractivity contribution in [1.29, 1.82) is 0 Å². The first-order valence-corrected chi connectivity index (χ1v) is 11.3. The lowest BCUT2D eigenvalue weighted by Gasteiger charge is -2.13. The number of ether oxygens (including phenoxy) is 1. The first kappa shape index (κ1) is 24.3. The van der Waals surface area contributed by atoms with Crippen LogP contribution in [0.5, 0.6) is 5.75 Å². The molecule has 0 spiro atoms. The maximum atomic E-state index is 12.6. The van der Waals surface area contributed by atoms with E-state index in [0.29, 0.717) is 17.3 Å². The lowest BCUT2D eigenvalue weighted by molar-refractivity contribution is -0.127. The van der Waals surface area contributed by atoms with Gasteiger partial charge in [-0.25, -0.2) is 4.79 Å². The Morgan fingerprint density at radius 3 is 2.73 bits per heavy atom. The summed E-state index contributed by atoms with van der Waals surface area (Å²) < 4.78 is 5.15. The Hall–Kier alpha value is -3.30. The largest absolute Gasteiger partial charge is 0.508 e. The predicted molar refractivity (Wildman–Crippen MR) is 126 cm³/mol. The molecule has 0 saturated carbocycles. The van der Waals surface area contributed by atoms with Gasteiger partial charge in [-0.05, 0) is 60.2 Å². The quantitative estimate of drug-likeness (QED) is 0.315. The smallest absolute Gasteiger partial charge is 0.339 e. The van der Waals surface area contributed by atoms with Crippen molar-refractivity contribution in [2.75, 3.05) is 18.5 Å². The molecule has 0 bridgehead atoms. The zero-order valence-corrected chi connectivity index (χ0v) is 19.2. The number of anilines is 1. The van der Waals surface area contributed by atoms with Crippen LogP contribution in [0.4, 0.5) is 10.5 Å². The fraction of sp³-hybridized carbons (Fsp3) is 0.217. The van der Waals surface area contributed by atoms with Crippen LogP contribution in [0.25, 0.3) is 6.08 Å². The fourth-order valence-corrected chi connectivity index (χ4v) is 3.93. The molecule has 2 aromatic carbocycles. The number of imide groups is 1. The van der Waals surface area contributed by atoms with E-state index in [9.17, 15) is 24.3 Å². The van der Waals surface area contributed by atoms with Gasteiger partial charge in [0.05, 0.1) is 22.1 Å². The van der Waals surface area contributed by atoms with Crippen LogP contribution in [0.3, 0.4) is 0 Å². The normalized spacial score (nSPS) is 14.6. The van der Waals surface area contributed by atoms with Crippen LogP contribution in [0.2, 0.25) is 5.02 Å². The third-order valence-corrected chi connectivity index (χ3v) is 5.78. The summed E-state index contributed by atoms with van der Waals surface area (Å²) in [6.45, 7) is 1.73. The molecule has 1 aliphatic rings. The second kappa shape index (κ2) is 11.0. The number of rotatable bonds is 8. The molecule has 1 aliphatic heterocycles. The summed E-state index contributed by atoms with van der Waals surface area (Å²) in [4.78, 5) is 50.5. The second-order valence-electron chi connectivity index (χ2n) is 7.10. The lowest BCUT2D eigenvalue weighted by Crippen LogP contribution is -2.36. The molecule has 0 atom stereocenters. The first-order valence-electron chi connectivity index (χ1n) is 10.1. The van der Waals surface area contributed by atoms with Crippen LogP contribution in [0.1, 0.15) is 35.7 Å². The van der Waals surface area contributed by atoms with Gasteiger partial charge < -0.3 is 15.2 Å². The molecular weight excluding hydrogens is 468 g/mol. The number of nitrogens with zero attached hydrogens (tertiary/aromatic N) is 1. The van der Waals surface area contributed by atoms with E-state index in [1.807, 2.05) is 6.92 Å². The molecule has 10 heteroatoms. The topological polar surface area (TPSA) is 113 Å². The molecule has 1 fully saturated rings. The van der Waals surface area contributed by atoms with Gasteiger partial charge in [-0.15, -0.1) is 0 Å². The molecular formula is C23H21ClN2O6S. The van der Waals surface area contributed by atoms with Crippen molar-refractivity contribution in [3.63, 3.8) is 0 Å². The van der Waals surface area contributed by atoms with E-state index >= 15 is 0 Å². The number of halogens is 1. The molecule has 0 unspecified atom stereocenters. The molecule has 3 rings (SSSR count). The zero-order valence-electron chi connectivity index (χ0n) is 17.7. The Bertz CT molecular complexity index is 1130. The Kier molecular flexibility index (Phi) is 8.13. The Morgan fingerprint density at radius 2 is 2.00 bits per heavy atom. The number of esters is 1. The highest BCUT2D eigenvalue weighted by Gasteiger charge is 2.36. The van der Waals surface area contributed by atoms with Crippen molar-refractivity contribution in [2.24, 2.45) is 0 Å². The van der Waals surface area contributed by atoms with Gasteiger partial charge in [0.1, 0.15) is 12.3 Å². The van der Waals surface area contributed by atoms with Crippen LogP contribution >= 0.6 is 23.4 Å². The summed E-state index contributed by atoms with van der Waals surface area (Å²) in [7, 11) is 0. The molecule has 2 N–H and O–H groups in total. The second-order valence-corrected chi connectivity index (χ2v) is 8.50. The number of unbranched alkanes of at least 4 members (excludes halogenated alkanes) is 1. The number of amides is 3. The minimum Gasteiger partial charge on any atom is -0.508 e. The van der Waals surface area contributed by atoms with Crippen molar-refractivity contribution < 1.29 is 29.0 Å². The van der Waals surface area contributed by atoms with Gasteiger partial charge in [0.2, 0.25) is 5.91 Å². The van der Waals surface area contributed by atoms with Crippen molar-refractivity contribution in [3.8, 4) is 5.75 Å². The number of hydrogen-bond acceptors (Lipinski definition) is 7. The van der Waals surface area contributed by atoms with Crippen LogP contribution in [-0.2, 0) is 14.3 Å². The van der Waals surface area contributed by atoms with Gasteiger partial charge in [-0.1, -0.05) is 37.1 Å². The standard InChI is InChI=1S/C23H21ClN2O6S/c1-2-3-9-32-22(30)17-12-15(7-8-18(17)24)25-20(28)13-26-21(29)19(33-23(26)31)11-14-5-4-6-16(27)10-14/h4-8,10-12,27H,2-3,9,13H2,1H3,(H,25,28)/b19-11+. The Morgan fingerprint density at radius 1 is 1.21 bits per heavy atom. The number of thioether (sulfide) groups is 1. The molecule has 1 saturated heterocycles. The SMILES string of the molecule is CCCCOC(=O)c1cc(NC(=O)CN2C(=O)S/C(=C/c3cccc(O)c3)C2=O)ccc1Cl. The molecule has 3 amide bonds. The number of phenols is 1. The molecule has 8 nitrogen and oxygen atoms in total. The lowest BCUT2D eigenvalue weighted by atomic mass is 10.2. The maximum Gasteiger partial charge on any atom is 0.339 e. The summed E-state index contributed by atoms with van der Waals surface area (Å²) >= 11 is 6.78. The van der Waals surface area contributed by atoms with Crippen molar-refractivity contribution in [3.05, 3.63) is 63.5 Å². The highest BCUT2D eigenvalue weighted by molar-refractivity contribution is 8.18. The summed E-state index contributed by atoms with van der Waals surface area (Å²) in [6.07, 6.45) is 3.06. The van der Waals surface area contributed by atoms with Gasteiger partial charge in [-0.3, -0.25) is 19.3 Å². The number of nitrogens with one attached hydrogen (secondary N) is 1. The monoisotopic (exact) mass is 488 g/mol. The molecule has 2 aromatic rings. The molecule has 0 aliphatic carbocycles. The highest BCUT2D eigenvalue weighted by Crippen LogP contribution is 2.32. The van der Waals surface area contributed by atoms with Crippen molar-refractivity contribution in [2.45, 2.75) is 19.8 Å². The fourth-order valence-electron chi connectivity index (χ4n) is 2.89. The van der Waals surface area contributed by atoms with Crippen LogP contribution in [-0.4, -0.2) is 46.2 Å². The van der Waals surface area contributed by atoms with Crippen molar-refractivity contribution in [1.82, 2.24) is 4.90 Å². The third-order valence-electron chi connectivity index (χ3n) is 4.54. The van der Waals surface area contributed by atoms with Gasteiger partial charge in [0, 0.05) is 5.69 Å². The van der Waals surface area contributed by atoms with E-state index in [-0.39, 0.29) is 33.5 Å². The Labute approximate surface area is 199 Å². The van der Waals surface area contributed by atoms with E-state index in [0.717, 1.165) is 17.7 Å². The predicted octanol–water partition coefficient (Wildman–Crippen LogP) is 4.68. The molecule has 172 valence electrons. The minimum atomic E-state index is -0.622. The highest BCUT2D eigenvalue weighted by atomic mass is 35.5. The van der Waals surface area contributed by atoms with E-state index in [1.54, 1.807) is 12.1 Å². The summed E-state index contributed by atoms with van der Waals surface area (Å²) in [5.74, 6) is -1.81. The van der Waals surface area contributed by atoms with Crippen LogP contribution in [0.15, 0.2) is 47.4 Å². The number of aromatic hydroxyl groups is 1. The average Bonchev–Trinajstić information content (AvgIpc) is 3.02. The van der Waals surface area contributed by atoms with E-state index < -0.39 is 29.6 Å². The third kappa shape index (κ3) is 6.36. The summed E-state index contributed by atoms with van der Waals surface area (Å²) in [5, 5.41) is 11.7. The number of carbonyl (C=O) groups is 4. The van der Waals surface area contributed by atoms with E-state index in [2.05, 4.69) is 5.32 Å². The number of hydrogen-bond donors (Lipinski definition) is 2. The minimum absolute atomic E-state index is 0.0268. The van der Waals surface area contributed by atoms with E-state index in [4.69, 9.17) is 16.3 Å². The number of benzene rings is 2. The molecule has 0 radical (unpaired) electrons. The van der Waals surface area contributed by atoms with E-state index in [1.165, 1.54) is 36.4 Å². The average molecular weight is 489 g/mol. The van der Waals surface area contributed by atoms with Gasteiger partial charge in [-0.2, -0.15) is 0 Å². The van der Waals surface area contributed by atoms with Crippen LogP contribution < -0.4 is 5.32 Å². The maximum absolute atomic E-state index is 12.6. The van der Waals surface area contributed by atoms with Gasteiger partial charge >= 0.3 is 5.97 Å². The molecule has 0 aromatic heterocycles. The zero-order chi connectivity index (χ0) is 24.0. The van der Waals surface area contributed by atoms with Crippen LogP contribution in [0, 0.1) is 0 Å². The summed E-state index contributed by atoms with van der Waals surface area (Å²) in [5.41, 5.74) is 0.921. The Balaban J connectivity index is 1.66. The first-order chi connectivity index (χ1) is 15.8. The summed E-state index contributed by atoms with van der Waals surface area (Å²) in [6, 6.07) is 10.5. The number of carbonyl (C=O) groups excluding carboxylic acids is 4. The molecule has 1 heterocycles. The van der Waals surface area contributed by atoms with Gasteiger partial charge in [0.25, 0.3) is 11.1 Å².